The summed E-state index contributed by atoms with van der Waals surface area (Å²) >= 11 is 0. The average molecular weight is 432 g/mol. The lowest BCUT2D eigenvalue weighted by Gasteiger charge is -2.39. The van der Waals surface area contributed by atoms with Gasteiger partial charge in [-0.25, -0.2) is 14.0 Å². The van der Waals surface area contributed by atoms with E-state index in [2.05, 4.69) is 10.2 Å². The molecule has 0 spiro atoms. The van der Waals surface area contributed by atoms with Crippen molar-refractivity contribution in [2.75, 3.05) is 46.4 Å². The van der Waals surface area contributed by atoms with Crippen LogP contribution in [-0.2, 0) is 14.3 Å². The molecule has 168 valence electrons. The molecule has 2 heterocycles. The van der Waals surface area contributed by atoms with Gasteiger partial charge in [0, 0.05) is 51.9 Å². The van der Waals surface area contributed by atoms with Crippen molar-refractivity contribution < 1.29 is 23.5 Å². The Morgan fingerprint density at radius 1 is 1.19 bits per heavy atom. The number of rotatable bonds is 6. The highest BCUT2D eigenvalue weighted by Crippen LogP contribution is 2.31. The number of hydrogen-bond acceptors (Lipinski definition) is 5. The van der Waals surface area contributed by atoms with Gasteiger partial charge < -0.3 is 15.0 Å². The lowest BCUT2D eigenvalue weighted by Crippen LogP contribution is -2.53. The second kappa shape index (κ2) is 9.91. The average Bonchev–Trinajstić information content (AvgIpc) is 2.76. The van der Waals surface area contributed by atoms with Gasteiger partial charge in [0.25, 0.3) is 0 Å². The van der Waals surface area contributed by atoms with Crippen LogP contribution in [0.25, 0.3) is 0 Å². The van der Waals surface area contributed by atoms with Crippen LogP contribution < -0.4 is 5.32 Å². The Bertz CT molecular complexity index is 880. The van der Waals surface area contributed by atoms with Gasteiger partial charge in [-0.2, -0.15) is 0 Å². The number of amides is 3. The maximum atomic E-state index is 13.9. The number of hydrogen-bond donors (Lipinski definition) is 1. The molecule has 1 aromatic rings. The number of carbonyl (C=O) groups is 3. The highest BCUT2D eigenvalue weighted by molar-refractivity contribution is 5.95. The maximum Gasteiger partial charge on any atom is 0.338 e. The minimum atomic E-state index is -0.809. The van der Waals surface area contributed by atoms with Crippen molar-refractivity contribution >= 4 is 17.9 Å². The standard InChI is InChI=1S/C22H29FN4O4/c1-4-18(28)27-11-9-26(10-12-27)14-17-19(21(29)31-5-2)20(24-22(30)25(17)3)15-7-6-8-16(23)13-15/h6-8,13,20H,4-5,9-12,14H2,1-3H3,(H,24,30)/t20-/m0/s1. The molecule has 0 radical (unpaired) electrons. The highest BCUT2D eigenvalue weighted by Gasteiger charge is 2.37. The third-order valence-electron chi connectivity index (χ3n) is 5.66. The third kappa shape index (κ3) is 5.04. The molecule has 0 bridgehead atoms. The van der Waals surface area contributed by atoms with Gasteiger partial charge in [0.15, 0.2) is 0 Å². The first-order valence-corrected chi connectivity index (χ1v) is 10.6. The number of esters is 1. The molecule has 1 saturated heterocycles. The summed E-state index contributed by atoms with van der Waals surface area (Å²) in [6, 6.07) is 4.65. The van der Waals surface area contributed by atoms with Gasteiger partial charge in [0.2, 0.25) is 5.91 Å². The van der Waals surface area contributed by atoms with E-state index in [1.807, 2.05) is 11.8 Å². The fourth-order valence-corrected chi connectivity index (χ4v) is 3.93. The molecule has 2 aliphatic rings. The lowest BCUT2D eigenvalue weighted by molar-refractivity contribution is -0.139. The summed E-state index contributed by atoms with van der Waals surface area (Å²) in [5, 5.41) is 2.79. The minimum absolute atomic E-state index is 0.117. The van der Waals surface area contributed by atoms with E-state index in [0.29, 0.717) is 56.0 Å². The first-order chi connectivity index (χ1) is 14.8. The van der Waals surface area contributed by atoms with Gasteiger partial charge in [-0.1, -0.05) is 19.1 Å². The zero-order valence-electron chi connectivity index (χ0n) is 18.2. The van der Waals surface area contributed by atoms with E-state index in [-0.39, 0.29) is 18.5 Å². The van der Waals surface area contributed by atoms with Gasteiger partial charge in [0.1, 0.15) is 5.82 Å². The SMILES string of the molecule is CCOC(=O)C1=C(CN2CCN(C(=O)CC)CC2)N(C)C(=O)N[C@H]1c1cccc(F)c1. The van der Waals surface area contributed by atoms with Crippen LogP contribution in [0.5, 0.6) is 0 Å². The number of nitrogens with one attached hydrogen (secondary N) is 1. The molecule has 2 aliphatic heterocycles. The van der Waals surface area contributed by atoms with E-state index in [0.717, 1.165) is 0 Å². The summed E-state index contributed by atoms with van der Waals surface area (Å²) in [4.78, 5) is 42.9. The molecule has 3 amide bonds. The van der Waals surface area contributed by atoms with Crippen molar-refractivity contribution in [3.8, 4) is 0 Å². The van der Waals surface area contributed by atoms with Gasteiger partial charge >= 0.3 is 12.0 Å². The van der Waals surface area contributed by atoms with Crippen LogP contribution in [-0.4, -0.2) is 79.0 Å². The Morgan fingerprint density at radius 2 is 1.90 bits per heavy atom. The number of likely N-dealkylation sites (N-methyl/N-ethyl adjacent to an activating group) is 1. The number of ether oxygens (including phenoxy) is 1. The molecular formula is C22H29FN4O4. The van der Waals surface area contributed by atoms with E-state index in [9.17, 15) is 18.8 Å². The second-order valence-electron chi connectivity index (χ2n) is 7.59. The van der Waals surface area contributed by atoms with E-state index < -0.39 is 17.8 Å². The van der Waals surface area contributed by atoms with E-state index in [4.69, 9.17) is 4.74 Å². The third-order valence-corrected chi connectivity index (χ3v) is 5.66. The lowest BCUT2D eigenvalue weighted by atomic mass is 9.94. The van der Waals surface area contributed by atoms with Crippen LogP contribution in [0.2, 0.25) is 0 Å². The second-order valence-corrected chi connectivity index (χ2v) is 7.59. The molecule has 9 heteroatoms. The van der Waals surface area contributed by atoms with Gasteiger partial charge in [-0.05, 0) is 24.6 Å². The van der Waals surface area contributed by atoms with Crippen LogP contribution in [0.15, 0.2) is 35.5 Å². The van der Waals surface area contributed by atoms with E-state index in [1.54, 1.807) is 26.1 Å². The number of halogens is 1. The Labute approximate surface area is 181 Å². The predicted molar refractivity (Wildman–Crippen MR) is 112 cm³/mol. The monoisotopic (exact) mass is 432 g/mol. The molecule has 8 nitrogen and oxygen atoms in total. The van der Waals surface area contributed by atoms with Crippen LogP contribution in [0.3, 0.4) is 0 Å². The zero-order chi connectivity index (χ0) is 22.5. The Morgan fingerprint density at radius 3 is 2.52 bits per heavy atom. The summed E-state index contributed by atoms with van der Waals surface area (Å²) in [6.45, 7) is 6.53. The van der Waals surface area contributed by atoms with Gasteiger partial charge in [-0.15, -0.1) is 0 Å². The predicted octanol–water partition coefficient (Wildman–Crippen LogP) is 1.89. The molecule has 0 saturated carbocycles. The van der Waals surface area contributed by atoms with Crippen LogP contribution in [0, 0.1) is 5.82 Å². The number of nitrogens with zero attached hydrogens (tertiary/aromatic N) is 3. The molecule has 0 aliphatic carbocycles. The first-order valence-electron chi connectivity index (χ1n) is 10.6. The molecular weight excluding hydrogens is 403 g/mol. The minimum Gasteiger partial charge on any atom is -0.463 e. The molecule has 1 aromatic carbocycles. The van der Waals surface area contributed by atoms with Crippen molar-refractivity contribution in [2.24, 2.45) is 0 Å². The van der Waals surface area contributed by atoms with Crippen molar-refractivity contribution in [2.45, 2.75) is 26.3 Å². The molecule has 1 N–H and O–H groups in total. The number of carbonyl (C=O) groups excluding carboxylic acids is 3. The fourth-order valence-electron chi connectivity index (χ4n) is 3.93. The van der Waals surface area contributed by atoms with Crippen molar-refractivity contribution in [1.29, 1.82) is 0 Å². The fraction of sp³-hybridized carbons (Fsp3) is 0.500. The molecule has 3 rings (SSSR count). The zero-order valence-corrected chi connectivity index (χ0v) is 18.2. The molecule has 1 fully saturated rings. The van der Waals surface area contributed by atoms with Crippen LogP contribution >= 0.6 is 0 Å². The molecule has 31 heavy (non-hydrogen) atoms. The summed E-state index contributed by atoms with van der Waals surface area (Å²) in [7, 11) is 1.60. The quantitative estimate of drug-likeness (QED) is 0.695. The smallest absolute Gasteiger partial charge is 0.338 e. The van der Waals surface area contributed by atoms with E-state index >= 15 is 0 Å². The van der Waals surface area contributed by atoms with E-state index in [1.165, 1.54) is 17.0 Å². The molecule has 1 atom stereocenters. The summed E-state index contributed by atoms with van der Waals surface area (Å²) in [5.74, 6) is -0.878. The Kier molecular flexibility index (Phi) is 7.27. The summed E-state index contributed by atoms with van der Waals surface area (Å²) in [5.41, 5.74) is 1.29. The maximum absolute atomic E-state index is 13.9. The summed E-state index contributed by atoms with van der Waals surface area (Å²) in [6.07, 6.45) is 0.469. The Balaban J connectivity index is 1.93. The Hall–Kier alpha value is -2.94. The highest BCUT2D eigenvalue weighted by atomic mass is 19.1. The van der Waals surface area contributed by atoms with Gasteiger partial charge in [0.05, 0.1) is 18.2 Å². The molecule has 0 aromatic heterocycles. The van der Waals surface area contributed by atoms with Crippen LogP contribution in [0.4, 0.5) is 9.18 Å². The van der Waals surface area contributed by atoms with Gasteiger partial charge in [-0.3, -0.25) is 14.6 Å². The van der Waals surface area contributed by atoms with Crippen molar-refractivity contribution in [1.82, 2.24) is 20.0 Å². The molecule has 0 unspecified atom stereocenters. The number of piperazine rings is 1. The largest absolute Gasteiger partial charge is 0.463 e. The van der Waals surface area contributed by atoms with Crippen LogP contribution in [0.1, 0.15) is 31.9 Å². The first kappa shape index (κ1) is 22.7. The van der Waals surface area contributed by atoms with Crippen molar-refractivity contribution in [3.05, 3.63) is 46.9 Å². The number of benzene rings is 1. The normalized spacial score (nSPS) is 20.0. The number of urea groups is 1. The summed E-state index contributed by atoms with van der Waals surface area (Å²) < 4.78 is 19.2. The van der Waals surface area contributed by atoms with Crippen molar-refractivity contribution in [3.63, 3.8) is 0 Å². The topological polar surface area (TPSA) is 82.2 Å².